The molecule has 3 fully saturated rings. The van der Waals surface area contributed by atoms with E-state index in [2.05, 4.69) is 15.3 Å². The van der Waals surface area contributed by atoms with Crippen LogP contribution in [0.4, 0.5) is 35.4 Å². The average molecular weight is 654 g/mol. The van der Waals surface area contributed by atoms with Gasteiger partial charge in [-0.1, -0.05) is 20.8 Å². The minimum Gasteiger partial charge on any atom is -0.465 e. The van der Waals surface area contributed by atoms with Crippen molar-refractivity contribution >= 4 is 33.4 Å². The van der Waals surface area contributed by atoms with Crippen LogP contribution in [0.1, 0.15) is 77.3 Å². The molecule has 0 unspecified atom stereocenters. The molecule has 2 saturated heterocycles. The van der Waals surface area contributed by atoms with Crippen LogP contribution >= 0.6 is 0 Å². The number of piperidine rings is 2. The van der Waals surface area contributed by atoms with Crippen LogP contribution < -0.4 is 10.2 Å². The average Bonchev–Trinajstić information content (AvgIpc) is 2.90. The number of sulfone groups is 1. The Labute approximate surface area is 262 Å². The fraction of sp³-hybridized carbons (Fsp3) is 0.645. The van der Waals surface area contributed by atoms with Crippen LogP contribution in [0.15, 0.2) is 29.3 Å². The molecule has 1 aliphatic carbocycles. The number of aliphatic hydroxyl groups is 1. The van der Waals surface area contributed by atoms with Crippen molar-refractivity contribution in [1.82, 2.24) is 14.9 Å². The number of anilines is 3. The van der Waals surface area contributed by atoms with Crippen LogP contribution in [0, 0.1) is 17.8 Å². The lowest BCUT2D eigenvalue weighted by Gasteiger charge is -2.62. The summed E-state index contributed by atoms with van der Waals surface area (Å²) in [6, 6.07) is 4.64. The maximum atomic E-state index is 14.3. The van der Waals surface area contributed by atoms with Gasteiger partial charge in [0.05, 0.1) is 15.2 Å². The fourth-order valence-electron chi connectivity index (χ4n) is 7.37. The molecule has 3 N–H and O–H groups in total. The number of carbonyl (C=O) groups is 1. The van der Waals surface area contributed by atoms with Crippen LogP contribution in [-0.4, -0.2) is 76.1 Å². The number of nitrogens with one attached hydrogen (secondary N) is 1. The van der Waals surface area contributed by atoms with Gasteiger partial charge in [-0.05, 0) is 87.0 Å². The summed E-state index contributed by atoms with van der Waals surface area (Å²) < 4.78 is 69.3. The van der Waals surface area contributed by atoms with E-state index in [4.69, 9.17) is 0 Å². The SMILES string of the molecule is Cc1cc(S(=O)(=O)C2(C(C)(C)C)CC3(CCN(C(=O)O)CC3)C2)ccc1Nc1ncc(C(F)(F)F)c(N2CCC[C@](C)(O)C2)n1. The number of alkyl halides is 3. The fourth-order valence-corrected chi connectivity index (χ4v) is 10.2. The second kappa shape index (κ2) is 11.0. The molecule has 0 bridgehead atoms. The molecule has 5 rings (SSSR count). The predicted molar refractivity (Wildman–Crippen MR) is 163 cm³/mol. The molecule has 1 aromatic carbocycles. The first-order valence-electron chi connectivity index (χ1n) is 15.2. The molecule has 14 heteroatoms. The van der Waals surface area contributed by atoms with Gasteiger partial charge < -0.3 is 25.3 Å². The van der Waals surface area contributed by atoms with E-state index in [1.54, 1.807) is 26.0 Å². The molecule has 1 spiro atoms. The lowest BCUT2D eigenvalue weighted by molar-refractivity contribution is -0.137. The molecule has 3 heterocycles. The lowest BCUT2D eigenvalue weighted by Crippen LogP contribution is -2.65. The van der Waals surface area contributed by atoms with E-state index in [1.807, 2.05) is 20.8 Å². The number of aromatic nitrogens is 2. The van der Waals surface area contributed by atoms with Crippen molar-refractivity contribution in [3.05, 3.63) is 35.5 Å². The Hall–Kier alpha value is -3.13. The predicted octanol–water partition coefficient (Wildman–Crippen LogP) is 6.01. The van der Waals surface area contributed by atoms with Crippen molar-refractivity contribution < 1.29 is 36.6 Å². The Balaban J connectivity index is 1.40. The molecule has 10 nitrogen and oxygen atoms in total. The van der Waals surface area contributed by atoms with Crippen LogP contribution in [-0.2, 0) is 16.0 Å². The van der Waals surface area contributed by atoms with Gasteiger partial charge >= 0.3 is 12.3 Å². The second-order valence-corrected chi connectivity index (χ2v) is 16.7. The quantitative estimate of drug-likeness (QED) is 0.354. The molecule has 1 amide bonds. The van der Waals surface area contributed by atoms with Crippen molar-refractivity contribution in [2.75, 3.05) is 36.4 Å². The number of likely N-dealkylation sites (tertiary alicyclic amines) is 1. The van der Waals surface area contributed by atoms with Gasteiger partial charge in [-0.25, -0.2) is 18.2 Å². The normalized spacial score (nSPS) is 23.5. The highest BCUT2D eigenvalue weighted by Gasteiger charge is 2.66. The molecule has 3 aliphatic rings. The van der Waals surface area contributed by atoms with Crippen LogP contribution in [0.2, 0.25) is 0 Å². The lowest BCUT2D eigenvalue weighted by atomic mass is 9.51. The summed E-state index contributed by atoms with van der Waals surface area (Å²) in [6.45, 7) is 10.1. The summed E-state index contributed by atoms with van der Waals surface area (Å²) in [6.07, 6.45) is -1.81. The van der Waals surface area contributed by atoms with Crippen molar-refractivity contribution in [3.63, 3.8) is 0 Å². The third kappa shape index (κ3) is 6.07. The first-order valence-corrected chi connectivity index (χ1v) is 16.7. The molecule has 0 radical (unpaired) electrons. The third-order valence-corrected chi connectivity index (χ3v) is 12.9. The van der Waals surface area contributed by atoms with E-state index in [0.29, 0.717) is 69.4 Å². The monoisotopic (exact) mass is 653 g/mol. The second-order valence-electron chi connectivity index (χ2n) is 14.4. The van der Waals surface area contributed by atoms with Gasteiger partial charge in [-0.2, -0.15) is 18.2 Å². The molecule has 45 heavy (non-hydrogen) atoms. The van der Waals surface area contributed by atoms with Gasteiger partial charge in [-0.3, -0.25) is 0 Å². The topological polar surface area (TPSA) is 136 Å². The van der Waals surface area contributed by atoms with Crippen molar-refractivity contribution in [3.8, 4) is 0 Å². The first-order chi connectivity index (χ1) is 20.7. The summed E-state index contributed by atoms with van der Waals surface area (Å²) in [7, 11) is -3.84. The number of amides is 1. The van der Waals surface area contributed by atoms with Gasteiger partial charge in [0.25, 0.3) is 0 Å². The Bertz CT molecular complexity index is 1570. The van der Waals surface area contributed by atoms with Gasteiger partial charge in [0.2, 0.25) is 5.95 Å². The van der Waals surface area contributed by atoms with E-state index >= 15 is 0 Å². The largest absolute Gasteiger partial charge is 0.465 e. The number of hydrogen-bond acceptors (Lipinski definition) is 8. The van der Waals surface area contributed by atoms with Gasteiger partial charge in [0, 0.05) is 38.1 Å². The minimum atomic E-state index is -4.69. The number of aryl methyl sites for hydroxylation is 1. The Morgan fingerprint density at radius 1 is 1.07 bits per heavy atom. The van der Waals surface area contributed by atoms with Crippen molar-refractivity contribution in [2.24, 2.45) is 10.8 Å². The zero-order valence-corrected chi connectivity index (χ0v) is 27.1. The van der Waals surface area contributed by atoms with Crippen LogP contribution in [0.3, 0.4) is 0 Å². The zero-order chi connectivity index (χ0) is 33.2. The number of rotatable bonds is 5. The highest BCUT2D eigenvalue weighted by atomic mass is 32.2. The maximum Gasteiger partial charge on any atom is 0.421 e. The minimum absolute atomic E-state index is 0.00720. The van der Waals surface area contributed by atoms with Crippen LogP contribution in [0.25, 0.3) is 0 Å². The molecule has 248 valence electrons. The molecule has 1 saturated carbocycles. The zero-order valence-electron chi connectivity index (χ0n) is 26.3. The number of β-amino-alcohol motifs (C(OH)–C–C–N with tert-alkyl or cyclic N) is 1. The molecular formula is C31H42F3N5O5S. The number of nitrogens with zero attached hydrogens (tertiary/aromatic N) is 4. The van der Waals surface area contributed by atoms with E-state index in [1.165, 1.54) is 15.9 Å². The molecule has 2 aromatic rings. The first kappa shape index (κ1) is 33.2. The van der Waals surface area contributed by atoms with Crippen molar-refractivity contribution in [1.29, 1.82) is 0 Å². The number of benzene rings is 1. The van der Waals surface area contributed by atoms with E-state index in [-0.39, 0.29) is 28.6 Å². The molecule has 2 aliphatic heterocycles. The van der Waals surface area contributed by atoms with E-state index in [9.17, 15) is 36.6 Å². The Kier molecular flexibility index (Phi) is 8.12. The highest BCUT2D eigenvalue weighted by Crippen LogP contribution is 2.65. The standard InChI is InChI=1S/C31H42F3N5O5S/c1-20-15-21(45(43,44)30(27(2,3)4)17-29(18-30)10-13-38(14-11-29)26(40)41)7-8-23(20)36-25-35-16-22(31(32,33)34)24(37-25)39-12-6-9-28(5,42)19-39/h7-8,15-16,42H,6,9-14,17-19H2,1-5H3,(H,40,41)(H,35,36,37)/t28-/m0/s1. The summed E-state index contributed by atoms with van der Waals surface area (Å²) in [5.74, 6) is -0.404. The summed E-state index contributed by atoms with van der Waals surface area (Å²) >= 11 is 0. The number of halogens is 3. The summed E-state index contributed by atoms with van der Waals surface area (Å²) in [5, 5.41) is 22.8. The van der Waals surface area contributed by atoms with Gasteiger partial charge in [0.15, 0.2) is 9.84 Å². The Morgan fingerprint density at radius 2 is 1.71 bits per heavy atom. The van der Waals surface area contributed by atoms with E-state index < -0.39 is 43.4 Å². The van der Waals surface area contributed by atoms with Gasteiger partial charge in [0.1, 0.15) is 11.4 Å². The summed E-state index contributed by atoms with van der Waals surface area (Å²) in [5.41, 5.74) is -1.96. The Morgan fingerprint density at radius 3 is 2.24 bits per heavy atom. The van der Waals surface area contributed by atoms with E-state index in [0.717, 1.165) is 6.20 Å². The molecule has 1 atom stereocenters. The smallest absolute Gasteiger partial charge is 0.421 e. The highest BCUT2D eigenvalue weighted by molar-refractivity contribution is 7.93. The molecular weight excluding hydrogens is 611 g/mol. The van der Waals surface area contributed by atoms with Gasteiger partial charge in [-0.15, -0.1) is 0 Å². The van der Waals surface area contributed by atoms with Crippen molar-refractivity contribution in [2.45, 2.75) is 94.6 Å². The number of carboxylic acid groups (broad SMARTS) is 1. The third-order valence-electron chi connectivity index (χ3n) is 10.1. The molecule has 1 aromatic heterocycles. The number of hydrogen-bond donors (Lipinski definition) is 3. The summed E-state index contributed by atoms with van der Waals surface area (Å²) in [4.78, 5) is 22.5. The van der Waals surface area contributed by atoms with Crippen LogP contribution in [0.5, 0.6) is 0 Å². The maximum absolute atomic E-state index is 14.3.